The van der Waals surface area contributed by atoms with E-state index in [1.165, 1.54) is 24.1 Å². The first-order valence-corrected chi connectivity index (χ1v) is 10.6. The van der Waals surface area contributed by atoms with Crippen molar-refractivity contribution < 1.29 is 0 Å². The molecule has 1 aliphatic rings. The molecule has 4 rings (SSSR count). The van der Waals surface area contributed by atoms with Crippen molar-refractivity contribution >= 4 is 35.6 Å². The minimum Gasteiger partial charge on any atom is -0.372 e. The summed E-state index contributed by atoms with van der Waals surface area (Å²) < 4.78 is 0. The van der Waals surface area contributed by atoms with Gasteiger partial charge in [-0.1, -0.05) is 42.5 Å². The van der Waals surface area contributed by atoms with Crippen LogP contribution in [0.4, 0.5) is 5.69 Å². The summed E-state index contributed by atoms with van der Waals surface area (Å²) in [5, 5.41) is 6.84. The highest BCUT2D eigenvalue weighted by atomic mass is 127. The summed E-state index contributed by atoms with van der Waals surface area (Å²) in [6.07, 6.45) is 4.44. The molecule has 0 bridgehead atoms. The fraction of sp³-hybridized carbons (Fsp3) is 0.333. The molecule has 1 aromatic heterocycles. The molecule has 0 spiro atoms. The lowest BCUT2D eigenvalue weighted by Gasteiger charge is -2.22. The van der Waals surface area contributed by atoms with E-state index in [-0.39, 0.29) is 30.0 Å². The smallest absolute Gasteiger partial charge is 0.191 e. The molecule has 31 heavy (non-hydrogen) atoms. The van der Waals surface area contributed by atoms with Gasteiger partial charge in [0, 0.05) is 25.8 Å². The summed E-state index contributed by atoms with van der Waals surface area (Å²) >= 11 is 0. The van der Waals surface area contributed by atoms with Gasteiger partial charge in [-0.05, 0) is 43.0 Å². The summed E-state index contributed by atoms with van der Waals surface area (Å²) in [5.41, 5.74) is 4.71. The van der Waals surface area contributed by atoms with Crippen molar-refractivity contribution in [1.29, 1.82) is 0 Å². The van der Waals surface area contributed by atoms with Crippen LogP contribution in [0.25, 0.3) is 11.3 Å². The van der Waals surface area contributed by atoms with Crippen LogP contribution in [-0.4, -0.2) is 36.1 Å². The van der Waals surface area contributed by atoms with Crippen LogP contribution in [0.3, 0.4) is 0 Å². The Labute approximate surface area is 201 Å². The van der Waals surface area contributed by atoms with E-state index in [2.05, 4.69) is 73.8 Å². The molecule has 6 nitrogen and oxygen atoms in total. The first-order chi connectivity index (χ1) is 14.7. The number of aromatic amines is 1. The van der Waals surface area contributed by atoms with E-state index in [0.29, 0.717) is 6.54 Å². The Balaban J connectivity index is 0.00000272. The fourth-order valence-corrected chi connectivity index (χ4v) is 3.83. The molecule has 2 aromatic carbocycles. The predicted molar refractivity (Wildman–Crippen MR) is 139 cm³/mol. The van der Waals surface area contributed by atoms with E-state index in [9.17, 15) is 0 Å². The van der Waals surface area contributed by atoms with Crippen LogP contribution in [0.5, 0.6) is 0 Å². The van der Waals surface area contributed by atoms with Crippen molar-refractivity contribution in [3.63, 3.8) is 0 Å². The first kappa shape index (κ1) is 23.1. The Morgan fingerprint density at radius 1 is 1.13 bits per heavy atom. The molecule has 1 unspecified atom stereocenters. The van der Waals surface area contributed by atoms with Crippen molar-refractivity contribution in [2.24, 2.45) is 4.99 Å². The zero-order valence-electron chi connectivity index (χ0n) is 18.1. The first-order valence-electron chi connectivity index (χ1n) is 10.6. The lowest BCUT2D eigenvalue weighted by atomic mass is 10.1. The molecule has 0 amide bonds. The number of halogens is 1. The lowest BCUT2D eigenvalue weighted by Crippen LogP contribution is -2.38. The summed E-state index contributed by atoms with van der Waals surface area (Å²) in [6, 6.07) is 19.2. The second-order valence-electron chi connectivity index (χ2n) is 7.69. The van der Waals surface area contributed by atoms with Gasteiger partial charge < -0.3 is 20.5 Å². The van der Waals surface area contributed by atoms with Gasteiger partial charge in [-0.15, -0.1) is 24.0 Å². The molecule has 0 aliphatic carbocycles. The second kappa shape index (κ2) is 11.2. The molecule has 3 aromatic rings. The van der Waals surface area contributed by atoms with Crippen molar-refractivity contribution in [1.82, 2.24) is 20.6 Å². The molecule has 1 aliphatic heterocycles. The Bertz CT molecular complexity index is 978. The largest absolute Gasteiger partial charge is 0.372 e. The van der Waals surface area contributed by atoms with Crippen molar-refractivity contribution in [3.05, 3.63) is 72.2 Å². The second-order valence-corrected chi connectivity index (χ2v) is 7.69. The van der Waals surface area contributed by atoms with E-state index >= 15 is 0 Å². The number of guanidine groups is 1. The average molecular weight is 530 g/mol. The third-order valence-electron chi connectivity index (χ3n) is 5.55. The van der Waals surface area contributed by atoms with Gasteiger partial charge in [-0.3, -0.25) is 4.99 Å². The van der Waals surface area contributed by atoms with E-state index < -0.39 is 0 Å². The normalized spacial score (nSPS) is 14.8. The summed E-state index contributed by atoms with van der Waals surface area (Å²) in [4.78, 5) is 14.7. The minimum absolute atomic E-state index is 0. The van der Waals surface area contributed by atoms with Gasteiger partial charge in [0.15, 0.2) is 5.96 Å². The molecule has 7 heteroatoms. The van der Waals surface area contributed by atoms with Crippen LogP contribution in [0.15, 0.2) is 65.8 Å². The fourth-order valence-electron chi connectivity index (χ4n) is 3.83. The molecule has 164 valence electrons. The molecule has 3 N–H and O–H groups in total. The van der Waals surface area contributed by atoms with E-state index in [1.54, 1.807) is 7.05 Å². The number of rotatable bonds is 6. The van der Waals surface area contributed by atoms with Crippen molar-refractivity contribution in [3.8, 4) is 11.3 Å². The van der Waals surface area contributed by atoms with E-state index in [4.69, 9.17) is 0 Å². The van der Waals surface area contributed by atoms with Crippen LogP contribution in [0.1, 0.15) is 37.2 Å². The summed E-state index contributed by atoms with van der Waals surface area (Å²) in [7, 11) is 1.79. The van der Waals surface area contributed by atoms with E-state index in [1.807, 2.05) is 24.4 Å². The van der Waals surface area contributed by atoms with Crippen molar-refractivity contribution in [2.45, 2.75) is 32.4 Å². The Hall–Kier alpha value is -2.55. The highest BCUT2D eigenvalue weighted by Gasteiger charge is 2.14. The van der Waals surface area contributed by atoms with Gasteiger partial charge in [0.05, 0.1) is 24.5 Å². The molecule has 2 heterocycles. The van der Waals surface area contributed by atoms with Gasteiger partial charge in [-0.25, -0.2) is 4.98 Å². The quantitative estimate of drug-likeness (QED) is 0.245. The number of aromatic nitrogens is 2. The zero-order valence-corrected chi connectivity index (χ0v) is 20.5. The van der Waals surface area contributed by atoms with Gasteiger partial charge >= 0.3 is 0 Å². The van der Waals surface area contributed by atoms with Crippen LogP contribution in [0, 0.1) is 0 Å². The highest BCUT2D eigenvalue weighted by Crippen LogP contribution is 2.24. The number of nitrogens with zero attached hydrogens (tertiary/aromatic N) is 3. The number of benzene rings is 2. The third-order valence-corrected chi connectivity index (χ3v) is 5.55. The van der Waals surface area contributed by atoms with Gasteiger partial charge in [-0.2, -0.15) is 0 Å². The predicted octanol–water partition coefficient (Wildman–Crippen LogP) is 4.72. The van der Waals surface area contributed by atoms with Crippen LogP contribution in [0.2, 0.25) is 0 Å². The number of hydrogen-bond acceptors (Lipinski definition) is 3. The number of hydrogen-bond donors (Lipinski definition) is 3. The number of anilines is 1. The lowest BCUT2D eigenvalue weighted by molar-refractivity contribution is 0.680. The van der Waals surface area contributed by atoms with Crippen LogP contribution < -0.4 is 15.5 Å². The standard InChI is InChI=1S/C24H30N6.HI/c1-18(20-11-8-12-21(15-20)30-13-6-7-14-30)28-24(25-2)27-17-23-26-16-22(29-23)19-9-4-3-5-10-19;/h3-5,8-12,15-16,18H,6-7,13-14,17H2,1-2H3,(H,26,29)(H2,25,27,28);1H. The van der Waals surface area contributed by atoms with Crippen molar-refractivity contribution in [2.75, 3.05) is 25.0 Å². The Kier molecular flexibility index (Phi) is 8.34. The minimum atomic E-state index is 0. The molecular formula is C24H31IN6. The van der Waals surface area contributed by atoms with Gasteiger partial charge in [0.25, 0.3) is 0 Å². The monoisotopic (exact) mass is 530 g/mol. The molecule has 1 saturated heterocycles. The summed E-state index contributed by atoms with van der Waals surface area (Å²) in [6.45, 7) is 5.05. The molecular weight excluding hydrogens is 499 g/mol. The summed E-state index contributed by atoms with van der Waals surface area (Å²) in [5.74, 6) is 1.63. The van der Waals surface area contributed by atoms with Gasteiger partial charge in [0.1, 0.15) is 5.82 Å². The number of imidazole rings is 1. The molecule has 1 fully saturated rings. The maximum Gasteiger partial charge on any atom is 0.191 e. The molecule has 0 radical (unpaired) electrons. The zero-order chi connectivity index (χ0) is 20.8. The third kappa shape index (κ3) is 6.00. The highest BCUT2D eigenvalue weighted by molar-refractivity contribution is 14.0. The molecule has 0 saturated carbocycles. The Morgan fingerprint density at radius 2 is 1.90 bits per heavy atom. The number of nitrogens with one attached hydrogen (secondary N) is 3. The van der Waals surface area contributed by atoms with Crippen LogP contribution >= 0.6 is 24.0 Å². The van der Waals surface area contributed by atoms with Crippen LogP contribution in [-0.2, 0) is 6.54 Å². The number of H-pyrrole nitrogens is 1. The maximum absolute atomic E-state index is 4.49. The molecule has 1 atom stereocenters. The average Bonchev–Trinajstić information content (AvgIpc) is 3.50. The van der Waals surface area contributed by atoms with Gasteiger partial charge in [0.2, 0.25) is 0 Å². The SMILES string of the molecule is CN=C(NCc1ncc(-c2ccccc2)[nH]1)NC(C)c1cccc(N2CCCC2)c1.I. The van der Waals surface area contributed by atoms with E-state index in [0.717, 1.165) is 36.1 Å². The Morgan fingerprint density at radius 3 is 2.65 bits per heavy atom. The number of aliphatic imine (C=N–C) groups is 1. The topological polar surface area (TPSA) is 68.3 Å². The maximum atomic E-state index is 4.49.